The number of rotatable bonds is 4. The first-order valence-corrected chi connectivity index (χ1v) is 12.7. The molecule has 2 unspecified atom stereocenters. The second-order valence-electron chi connectivity index (χ2n) is 8.63. The Hall–Kier alpha value is -2.36. The largest absolute Gasteiger partial charge is 0.378 e. The van der Waals surface area contributed by atoms with Gasteiger partial charge in [-0.15, -0.1) is 0 Å². The van der Waals surface area contributed by atoms with Crippen molar-refractivity contribution in [1.82, 2.24) is 10.3 Å². The van der Waals surface area contributed by atoms with Crippen molar-refractivity contribution in [3.63, 3.8) is 0 Å². The van der Waals surface area contributed by atoms with Gasteiger partial charge in [0.05, 0.1) is 28.3 Å². The number of ether oxygens (including phenoxy) is 1. The summed E-state index contributed by atoms with van der Waals surface area (Å²) in [4.78, 5) is 7.76. The fourth-order valence-electron chi connectivity index (χ4n) is 4.63. The number of benzene rings is 2. The van der Waals surface area contributed by atoms with Crippen molar-refractivity contribution in [3.8, 4) is 0 Å². The van der Waals surface area contributed by atoms with Gasteiger partial charge in [-0.2, -0.15) is 10.6 Å². The SMILES string of the molecule is COC1CNCC1Nc1cc(N2CCS(O)(O)c3ccccc3C2)nc2ccc(C)cc12. The summed E-state index contributed by atoms with van der Waals surface area (Å²) in [6.07, 6.45) is 0.101. The lowest BCUT2D eigenvalue weighted by atomic mass is 10.1. The lowest BCUT2D eigenvalue weighted by Crippen LogP contribution is -2.33. The van der Waals surface area contributed by atoms with E-state index in [1.807, 2.05) is 24.3 Å². The Balaban J connectivity index is 1.55. The maximum absolute atomic E-state index is 10.7. The van der Waals surface area contributed by atoms with Gasteiger partial charge in [0.25, 0.3) is 0 Å². The van der Waals surface area contributed by atoms with Crippen LogP contribution in [0.4, 0.5) is 11.5 Å². The average Bonchev–Trinajstić information content (AvgIpc) is 3.18. The van der Waals surface area contributed by atoms with E-state index in [2.05, 4.69) is 46.7 Å². The number of nitrogens with zero attached hydrogens (tertiary/aromatic N) is 2. The molecule has 4 N–H and O–H groups in total. The monoisotopic (exact) mass is 454 g/mol. The Morgan fingerprint density at radius 2 is 2.00 bits per heavy atom. The van der Waals surface area contributed by atoms with Gasteiger partial charge in [-0.1, -0.05) is 29.8 Å². The van der Waals surface area contributed by atoms with E-state index in [0.29, 0.717) is 23.7 Å². The van der Waals surface area contributed by atoms with Gasteiger partial charge < -0.3 is 20.3 Å². The zero-order valence-electron chi connectivity index (χ0n) is 18.4. The van der Waals surface area contributed by atoms with Crippen LogP contribution < -0.4 is 15.5 Å². The number of methoxy groups -OCH3 is 1. The van der Waals surface area contributed by atoms with Crippen LogP contribution in [-0.2, 0) is 11.3 Å². The Kier molecular flexibility index (Phi) is 5.73. The van der Waals surface area contributed by atoms with Gasteiger partial charge in [-0.05, 0) is 30.7 Å². The second kappa shape index (κ2) is 8.53. The van der Waals surface area contributed by atoms with Gasteiger partial charge in [0.15, 0.2) is 0 Å². The molecule has 1 aromatic heterocycles. The fraction of sp³-hybridized carbons (Fsp3) is 0.375. The van der Waals surface area contributed by atoms with Crippen molar-refractivity contribution in [1.29, 1.82) is 0 Å². The molecule has 0 aliphatic carbocycles. The van der Waals surface area contributed by atoms with Crippen molar-refractivity contribution >= 4 is 33.0 Å². The molecular formula is C24H30N4O3S. The fourth-order valence-corrected chi connectivity index (χ4v) is 6.18. The van der Waals surface area contributed by atoms with Gasteiger partial charge in [-0.25, -0.2) is 4.98 Å². The summed E-state index contributed by atoms with van der Waals surface area (Å²) < 4.78 is 27.1. The van der Waals surface area contributed by atoms with Crippen LogP contribution in [0.25, 0.3) is 10.9 Å². The molecule has 0 spiro atoms. The molecule has 0 saturated carbocycles. The van der Waals surface area contributed by atoms with Crippen molar-refractivity contribution < 1.29 is 13.8 Å². The van der Waals surface area contributed by atoms with Crippen LogP contribution in [-0.4, -0.2) is 58.7 Å². The summed E-state index contributed by atoms with van der Waals surface area (Å²) in [7, 11) is -1.07. The molecule has 2 aliphatic heterocycles. The smallest absolute Gasteiger partial charge is 0.131 e. The highest BCUT2D eigenvalue weighted by molar-refractivity contribution is 8.24. The minimum atomic E-state index is -2.82. The Morgan fingerprint density at radius 1 is 1.16 bits per heavy atom. The number of aromatic nitrogens is 1. The molecule has 0 bridgehead atoms. The molecule has 2 aliphatic rings. The van der Waals surface area contributed by atoms with Gasteiger partial charge in [0, 0.05) is 50.4 Å². The minimum Gasteiger partial charge on any atom is -0.378 e. The van der Waals surface area contributed by atoms with Crippen molar-refractivity contribution in [2.75, 3.05) is 42.7 Å². The predicted octanol–water partition coefficient (Wildman–Crippen LogP) is 4.07. The molecule has 5 rings (SSSR count). The van der Waals surface area contributed by atoms with Gasteiger partial charge in [0.2, 0.25) is 0 Å². The lowest BCUT2D eigenvalue weighted by molar-refractivity contribution is 0.112. The summed E-state index contributed by atoms with van der Waals surface area (Å²) in [6.45, 7) is 4.85. The summed E-state index contributed by atoms with van der Waals surface area (Å²) in [5, 5.41) is 8.17. The van der Waals surface area contributed by atoms with Gasteiger partial charge >= 0.3 is 0 Å². The van der Waals surface area contributed by atoms with E-state index in [4.69, 9.17) is 9.72 Å². The third kappa shape index (κ3) is 4.04. The third-order valence-corrected chi connectivity index (χ3v) is 8.26. The van der Waals surface area contributed by atoms with Crippen molar-refractivity contribution in [3.05, 3.63) is 59.7 Å². The Bertz CT molecular complexity index is 1140. The van der Waals surface area contributed by atoms with E-state index >= 15 is 0 Å². The number of nitrogens with one attached hydrogen (secondary N) is 2. The van der Waals surface area contributed by atoms with Crippen LogP contribution in [0.1, 0.15) is 11.1 Å². The second-order valence-corrected chi connectivity index (χ2v) is 10.8. The number of anilines is 2. The lowest BCUT2D eigenvalue weighted by Gasteiger charge is -2.32. The first-order chi connectivity index (χ1) is 15.4. The first kappa shape index (κ1) is 21.5. The zero-order valence-corrected chi connectivity index (χ0v) is 19.2. The third-order valence-electron chi connectivity index (χ3n) is 6.41. The van der Waals surface area contributed by atoms with Crippen LogP contribution in [0, 0.1) is 6.92 Å². The molecule has 1 saturated heterocycles. The summed E-state index contributed by atoms with van der Waals surface area (Å²) in [5.74, 6) is 1.12. The predicted molar refractivity (Wildman–Crippen MR) is 131 cm³/mol. The number of hydrogen-bond donors (Lipinski definition) is 4. The standard InChI is InChI=1S/C24H30N4O3S/c1-16-7-8-19-18(11-16)20(26-21-13-25-14-22(21)31-2)12-24(27-19)28-9-10-32(29,30)23-6-4-3-5-17(23)15-28/h3-8,11-12,21-22,25,29-30H,9-10,13-15H2,1-2H3,(H,26,27). The molecule has 1 fully saturated rings. The van der Waals surface area contributed by atoms with Crippen LogP contribution in [0.2, 0.25) is 0 Å². The molecule has 3 heterocycles. The Morgan fingerprint density at radius 3 is 2.84 bits per heavy atom. The highest BCUT2D eigenvalue weighted by atomic mass is 32.3. The number of pyridine rings is 1. The highest BCUT2D eigenvalue weighted by Gasteiger charge is 2.29. The van der Waals surface area contributed by atoms with Crippen LogP contribution in [0.3, 0.4) is 0 Å². The minimum absolute atomic E-state index is 0.101. The van der Waals surface area contributed by atoms with Crippen LogP contribution >= 0.6 is 10.6 Å². The molecule has 8 heteroatoms. The molecule has 2 aromatic carbocycles. The van der Waals surface area contributed by atoms with E-state index in [0.717, 1.165) is 41.1 Å². The maximum atomic E-state index is 10.7. The van der Waals surface area contributed by atoms with Crippen LogP contribution in [0.15, 0.2) is 53.4 Å². The summed E-state index contributed by atoms with van der Waals surface area (Å²) in [5.41, 5.74) is 4.05. The van der Waals surface area contributed by atoms with Gasteiger partial charge in [-0.3, -0.25) is 9.11 Å². The zero-order chi connectivity index (χ0) is 22.3. The summed E-state index contributed by atoms with van der Waals surface area (Å²) >= 11 is 0. The highest BCUT2D eigenvalue weighted by Crippen LogP contribution is 2.51. The topological polar surface area (TPSA) is 89.9 Å². The number of fused-ring (bicyclic) bond motifs is 2. The maximum Gasteiger partial charge on any atom is 0.131 e. The van der Waals surface area contributed by atoms with E-state index < -0.39 is 10.6 Å². The van der Waals surface area contributed by atoms with E-state index in [1.54, 1.807) is 7.11 Å². The quantitative estimate of drug-likeness (QED) is 0.472. The Labute approximate surface area is 190 Å². The molecular weight excluding hydrogens is 424 g/mol. The molecule has 3 aromatic rings. The molecule has 0 radical (unpaired) electrons. The van der Waals surface area contributed by atoms with E-state index in [-0.39, 0.29) is 12.1 Å². The molecule has 7 nitrogen and oxygen atoms in total. The normalized spacial score (nSPS) is 23.6. The molecule has 170 valence electrons. The average molecular weight is 455 g/mol. The first-order valence-electron chi connectivity index (χ1n) is 10.9. The molecule has 32 heavy (non-hydrogen) atoms. The van der Waals surface area contributed by atoms with E-state index in [9.17, 15) is 9.11 Å². The van der Waals surface area contributed by atoms with Crippen LogP contribution in [0.5, 0.6) is 0 Å². The summed E-state index contributed by atoms with van der Waals surface area (Å²) in [6, 6.07) is 16.2. The number of aryl methyl sites for hydroxylation is 1. The van der Waals surface area contributed by atoms with Crippen molar-refractivity contribution in [2.24, 2.45) is 0 Å². The van der Waals surface area contributed by atoms with Crippen molar-refractivity contribution in [2.45, 2.75) is 30.5 Å². The molecule has 0 amide bonds. The molecule has 2 atom stereocenters. The number of hydrogen-bond acceptors (Lipinski definition) is 7. The van der Waals surface area contributed by atoms with Gasteiger partial charge in [0.1, 0.15) is 5.82 Å². The van der Waals surface area contributed by atoms with E-state index in [1.165, 1.54) is 5.56 Å².